The summed E-state index contributed by atoms with van der Waals surface area (Å²) >= 11 is 5.72. The zero-order chi connectivity index (χ0) is 13.0. The minimum absolute atomic E-state index is 0.0574. The number of aromatic nitrogens is 2. The van der Waals surface area contributed by atoms with Gasteiger partial charge in [-0.2, -0.15) is 0 Å². The molecule has 1 rings (SSSR count). The third kappa shape index (κ3) is 2.92. The van der Waals surface area contributed by atoms with Gasteiger partial charge in [0.15, 0.2) is 5.02 Å². The van der Waals surface area contributed by atoms with Crippen LogP contribution in [0.15, 0.2) is 4.79 Å². The fourth-order valence-corrected chi connectivity index (χ4v) is 1.42. The van der Waals surface area contributed by atoms with Crippen LogP contribution in [0.2, 0.25) is 5.02 Å². The van der Waals surface area contributed by atoms with Crippen molar-refractivity contribution in [3.05, 3.63) is 25.5 Å². The molecule has 9 heteroatoms. The maximum absolute atomic E-state index is 11.6. The van der Waals surface area contributed by atoms with Crippen LogP contribution in [-0.2, 0) is 7.05 Å². The van der Waals surface area contributed by atoms with Gasteiger partial charge in [-0.1, -0.05) is 11.6 Å². The van der Waals surface area contributed by atoms with Crippen molar-refractivity contribution in [2.24, 2.45) is 7.05 Å². The van der Waals surface area contributed by atoms with Gasteiger partial charge in [-0.05, 0) is 11.3 Å². The predicted octanol–water partition coefficient (Wildman–Crippen LogP) is 0.136. The standard InChI is InChI=1S/C8H11ClN4O4/c1-12-8(15)6(10-3-2-4-14)5(9)7(11-12)13(16)17/h10,14H,2-4H2,1H3. The van der Waals surface area contributed by atoms with Crippen LogP contribution in [0, 0.1) is 10.1 Å². The van der Waals surface area contributed by atoms with Crippen LogP contribution >= 0.6 is 11.6 Å². The average molecular weight is 263 g/mol. The Labute approximate surface area is 101 Å². The summed E-state index contributed by atoms with van der Waals surface area (Å²) in [6.45, 7) is 0.227. The molecular formula is C8H11ClN4O4. The Balaban J connectivity index is 3.18. The highest BCUT2D eigenvalue weighted by molar-refractivity contribution is 6.34. The molecule has 0 spiro atoms. The summed E-state index contributed by atoms with van der Waals surface area (Å²) in [6, 6.07) is 0. The largest absolute Gasteiger partial charge is 0.409 e. The predicted molar refractivity (Wildman–Crippen MR) is 61.3 cm³/mol. The molecule has 17 heavy (non-hydrogen) atoms. The summed E-state index contributed by atoms with van der Waals surface area (Å²) in [7, 11) is 1.29. The number of aryl methyl sites for hydroxylation is 1. The molecule has 0 aliphatic rings. The Morgan fingerprint density at radius 2 is 2.29 bits per heavy atom. The second kappa shape index (κ2) is 5.60. The molecule has 1 heterocycles. The SMILES string of the molecule is Cn1nc([N+](=O)[O-])c(Cl)c(NCCCO)c1=O. The van der Waals surface area contributed by atoms with Crippen LogP contribution in [0.5, 0.6) is 0 Å². The van der Waals surface area contributed by atoms with E-state index in [1.807, 2.05) is 0 Å². The van der Waals surface area contributed by atoms with Crippen molar-refractivity contribution in [1.82, 2.24) is 9.78 Å². The topological polar surface area (TPSA) is 110 Å². The van der Waals surface area contributed by atoms with Gasteiger partial charge in [-0.25, -0.2) is 0 Å². The van der Waals surface area contributed by atoms with Crippen LogP contribution in [0.4, 0.5) is 11.5 Å². The first-order chi connectivity index (χ1) is 7.99. The van der Waals surface area contributed by atoms with Gasteiger partial charge >= 0.3 is 11.4 Å². The van der Waals surface area contributed by atoms with E-state index in [4.69, 9.17) is 16.7 Å². The Hall–Kier alpha value is -1.67. The van der Waals surface area contributed by atoms with Gasteiger partial charge in [0.25, 0.3) is 0 Å². The third-order valence-corrected chi connectivity index (χ3v) is 2.34. The first kappa shape index (κ1) is 13.4. The number of rotatable bonds is 5. The monoisotopic (exact) mass is 262 g/mol. The number of hydrogen-bond acceptors (Lipinski definition) is 6. The van der Waals surface area contributed by atoms with Gasteiger partial charge in [-0.3, -0.25) is 4.79 Å². The van der Waals surface area contributed by atoms with Crippen LogP contribution in [0.1, 0.15) is 6.42 Å². The van der Waals surface area contributed by atoms with Crippen molar-refractivity contribution >= 4 is 23.1 Å². The Morgan fingerprint density at radius 3 is 2.82 bits per heavy atom. The molecule has 0 amide bonds. The molecule has 0 radical (unpaired) electrons. The lowest BCUT2D eigenvalue weighted by Crippen LogP contribution is -2.25. The maximum atomic E-state index is 11.6. The fourth-order valence-electron chi connectivity index (χ4n) is 1.16. The molecule has 0 fully saturated rings. The number of nitrogens with zero attached hydrogens (tertiary/aromatic N) is 3. The molecule has 0 aliphatic heterocycles. The molecule has 94 valence electrons. The number of hydrogen-bond donors (Lipinski definition) is 2. The molecule has 0 aromatic carbocycles. The van der Waals surface area contributed by atoms with Crippen molar-refractivity contribution in [3.8, 4) is 0 Å². The molecule has 0 atom stereocenters. The van der Waals surface area contributed by atoms with Crippen molar-refractivity contribution in [2.75, 3.05) is 18.5 Å². The molecule has 1 aromatic rings. The van der Waals surface area contributed by atoms with Gasteiger partial charge in [0.2, 0.25) is 0 Å². The number of nitro groups is 1. The number of halogens is 1. The number of anilines is 1. The normalized spacial score (nSPS) is 10.3. The minimum Gasteiger partial charge on any atom is -0.396 e. The fraction of sp³-hybridized carbons (Fsp3) is 0.500. The Morgan fingerprint density at radius 1 is 1.65 bits per heavy atom. The third-order valence-electron chi connectivity index (χ3n) is 1.98. The van der Waals surface area contributed by atoms with Crippen molar-refractivity contribution in [1.29, 1.82) is 0 Å². The van der Waals surface area contributed by atoms with Crippen molar-refractivity contribution < 1.29 is 10.0 Å². The Bertz CT molecular complexity index is 487. The van der Waals surface area contributed by atoms with E-state index >= 15 is 0 Å². The molecule has 0 saturated heterocycles. The van der Waals surface area contributed by atoms with Crippen LogP contribution < -0.4 is 10.9 Å². The zero-order valence-corrected chi connectivity index (χ0v) is 9.77. The van der Waals surface area contributed by atoms with Crippen molar-refractivity contribution in [3.63, 3.8) is 0 Å². The molecular weight excluding hydrogens is 252 g/mol. The van der Waals surface area contributed by atoms with Gasteiger partial charge in [0.1, 0.15) is 5.69 Å². The highest BCUT2D eigenvalue weighted by Gasteiger charge is 2.23. The van der Waals surface area contributed by atoms with Crippen LogP contribution in [0.25, 0.3) is 0 Å². The second-order valence-corrected chi connectivity index (χ2v) is 3.58. The molecule has 1 aromatic heterocycles. The summed E-state index contributed by atoms with van der Waals surface area (Å²) in [4.78, 5) is 21.5. The highest BCUT2D eigenvalue weighted by atomic mass is 35.5. The van der Waals surface area contributed by atoms with E-state index in [2.05, 4.69) is 10.4 Å². The summed E-state index contributed by atoms with van der Waals surface area (Å²) < 4.78 is 0.839. The summed E-state index contributed by atoms with van der Waals surface area (Å²) in [5.74, 6) is -0.583. The van der Waals surface area contributed by atoms with Gasteiger partial charge in [0, 0.05) is 13.2 Å². The number of aliphatic hydroxyl groups excluding tert-OH is 1. The highest BCUT2D eigenvalue weighted by Crippen LogP contribution is 2.26. The molecule has 0 aliphatic carbocycles. The summed E-state index contributed by atoms with van der Waals surface area (Å²) in [6.07, 6.45) is 0.398. The summed E-state index contributed by atoms with van der Waals surface area (Å²) in [5.41, 5.74) is -0.636. The first-order valence-electron chi connectivity index (χ1n) is 4.75. The molecule has 0 bridgehead atoms. The van der Waals surface area contributed by atoms with Crippen LogP contribution in [0.3, 0.4) is 0 Å². The van der Waals surface area contributed by atoms with E-state index in [1.54, 1.807) is 0 Å². The average Bonchev–Trinajstić information content (AvgIpc) is 2.28. The minimum atomic E-state index is -0.765. The molecule has 2 N–H and O–H groups in total. The van der Waals surface area contributed by atoms with E-state index in [-0.39, 0.29) is 23.9 Å². The first-order valence-corrected chi connectivity index (χ1v) is 5.12. The maximum Gasteiger partial charge on any atom is 0.409 e. The van der Waals surface area contributed by atoms with Gasteiger partial charge in [0.05, 0.1) is 12.1 Å². The van der Waals surface area contributed by atoms with Gasteiger partial charge in [-0.15, -0.1) is 4.68 Å². The number of aliphatic hydroxyl groups is 1. The molecule has 8 nitrogen and oxygen atoms in total. The quantitative estimate of drug-likeness (QED) is 0.443. The van der Waals surface area contributed by atoms with Crippen molar-refractivity contribution in [2.45, 2.75) is 6.42 Å². The van der Waals surface area contributed by atoms with E-state index < -0.39 is 16.3 Å². The lowest BCUT2D eigenvalue weighted by Gasteiger charge is -2.06. The smallest absolute Gasteiger partial charge is 0.396 e. The van der Waals surface area contributed by atoms with E-state index in [0.29, 0.717) is 6.42 Å². The summed E-state index contributed by atoms with van der Waals surface area (Å²) in [5, 5.41) is 25.0. The Kier molecular flexibility index (Phi) is 4.41. The molecule has 0 unspecified atom stereocenters. The van der Waals surface area contributed by atoms with Gasteiger partial charge < -0.3 is 20.5 Å². The van der Waals surface area contributed by atoms with E-state index in [0.717, 1.165) is 4.68 Å². The molecule has 0 saturated carbocycles. The van der Waals surface area contributed by atoms with E-state index in [9.17, 15) is 14.9 Å². The zero-order valence-electron chi connectivity index (χ0n) is 9.01. The second-order valence-electron chi connectivity index (χ2n) is 3.20. The van der Waals surface area contributed by atoms with Crippen LogP contribution in [-0.4, -0.2) is 33.0 Å². The lowest BCUT2D eigenvalue weighted by molar-refractivity contribution is -0.390. The number of nitrogens with one attached hydrogen (secondary N) is 1. The van der Waals surface area contributed by atoms with E-state index in [1.165, 1.54) is 7.05 Å². The lowest BCUT2D eigenvalue weighted by atomic mass is 10.4.